The zero-order chi connectivity index (χ0) is 15.4. The second-order valence-electron chi connectivity index (χ2n) is 6.82. The molecule has 0 amide bonds. The number of rotatable bonds is 4. The molecule has 112 valence electrons. The van der Waals surface area contributed by atoms with Crippen molar-refractivity contribution >= 4 is 19.1 Å². The predicted octanol–water partition coefficient (Wildman–Crippen LogP) is 3.64. The molecule has 5 heteroatoms. The van der Waals surface area contributed by atoms with Gasteiger partial charge in [0.25, 0.3) is 0 Å². The Morgan fingerprint density at radius 1 is 1.40 bits per heavy atom. The summed E-state index contributed by atoms with van der Waals surface area (Å²) < 4.78 is 20.5. The first-order chi connectivity index (χ1) is 9.09. The highest BCUT2D eigenvalue weighted by atomic mass is 32.2. The molecule has 0 saturated carbocycles. The summed E-state index contributed by atoms with van der Waals surface area (Å²) in [5.74, 6) is 4.01. The van der Waals surface area contributed by atoms with Gasteiger partial charge < -0.3 is 4.42 Å². The Morgan fingerprint density at radius 3 is 2.50 bits per heavy atom. The first-order valence-corrected chi connectivity index (χ1v) is 11.5. The number of hydrogen-bond donors (Lipinski definition) is 1. The van der Waals surface area contributed by atoms with Crippen molar-refractivity contribution in [3.63, 3.8) is 0 Å². The van der Waals surface area contributed by atoms with Crippen molar-refractivity contribution in [2.24, 2.45) is 0 Å². The van der Waals surface area contributed by atoms with Crippen LogP contribution in [0.2, 0.25) is 19.6 Å². The highest BCUT2D eigenvalue weighted by Crippen LogP contribution is 2.20. The van der Waals surface area contributed by atoms with E-state index in [4.69, 9.17) is 4.42 Å². The zero-order valence-electron chi connectivity index (χ0n) is 13.2. The molecule has 0 unspecified atom stereocenters. The van der Waals surface area contributed by atoms with E-state index in [2.05, 4.69) is 35.8 Å². The van der Waals surface area contributed by atoms with E-state index in [0.29, 0.717) is 6.42 Å². The van der Waals surface area contributed by atoms with Crippen LogP contribution in [0.4, 0.5) is 0 Å². The highest BCUT2D eigenvalue weighted by Gasteiger charge is 2.24. The van der Waals surface area contributed by atoms with E-state index in [1.54, 1.807) is 6.26 Å². The Morgan fingerprint density at radius 2 is 2.05 bits per heavy atom. The molecule has 0 bridgehead atoms. The molecule has 1 N–H and O–H groups in total. The Kier molecular flexibility index (Phi) is 5.81. The van der Waals surface area contributed by atoms with Crippen LogP contribution in [-0.4, -0.2) is 17.0 Å². The van der Waals surface area contributed by atoms with E-state index in [9.17, 15) is 4.21 Å². The van der Waals surface area contributed by atoms with Crippen molar-refractivity contribution in [2.45, 2.75) is 57.6 Å². The van der Waals surface area contributed by atoms with Gasteiger partial charge in [0.15, 0.2) is 0 Å². The third-order valence-corrected chi connectivity index (χ3v) is 5.00. The van der Waals surface area contributed by atoms with Gasteiger partial charge in [-0.3, -0.25) is 0 Å². The van der Waals surface area contributed by atoms with E-state index in [1.165, 1.54) is 0 Å². The summed E-state index contributed by atoms with van der Waals surface area (Å²) >= 11 is 0. The van der Waals surface area contributed by atoms with Crippen molar-refractivity contribution in [2.75, 3.05) is 0 Å². The molecule has 20 heavy (non-hydrogen) atoms. The van der Waals surface area contributed by atoms with Crippen molar-refractivity contribution in [3.8, 4) is 11.5 Å². The van der Waals surface area contributed by atoms with Crippen molar-refractivity contribution in [3.05, 3.63) is 24.2 Å². The fourth-order valence-electron chi connectivity index (χ4n) is 1.41. The third kappa shape index (κ3) is 6.08. The topological polar surface area (TPSA) is 42.2 Å². The molecule has 1 aromatic rings. The zero-order valence-corrected chi connectivity index (χ0v) is 15.1. The maximum atomic E-state index is 12.2. The predicted molar refractivity (Wildman–Crippen MR) is 88.2 cm³/mol. The summed E-state index contributed by atoms with van der Waals surface area (Å²) in [5.41, 5.74) is 3.33. The van der Waals surface area contributed by atoms with E-state index < -0.39 is 19.1 Å². The average molecular weight is 312 g/mol. The van der Waals surface area contributed by atoms with Crippen molar-refractivity contribution in [1.82, 2.24) is 4.72 Å². The molecular formula is C15H25NO2SSi. The fourth-order valence-corrected chi connectivity index (χ4v) is 2.86. The van der Waals surface area contributed by atoms with E-state index in [1.807, 2.05) is 32.9 Å². The van der Waals surface area contributed by atoms with Gasteiger partial charge in [0.1, 0.15) is 13.8 Å². The molecular weight excluding hydrogens is 286 g/mol. The first-order valence-electron chi connectivity index (χ1n) is 6.81. The maximum Gasteiger partial charge on any atom is 0.129 e. The monoisotopic (exact) mass is 311 g/mol. The quantitative estimate of drug-likeness (QED) is 0.681. The van der Waals surface area contributed by atoms with Gasteiger partial charge in [-0.1, -0.05) is 19.6 Å². The van der Waals surface area contributed by atoms with Crippen LogP contribution < -0.4 is 4.72 Å². The van der Waals surface area contributed by atoms with Gasteiger partial charge in [-0.2, -0.15) is 0 Å². The van der Waals surface area contributed by atoms with Gasteiger partial charge >= 0.3 is 0 Å². The van der Waals surface area contributed by atoms with Crippen LogP contribution in [0.3, 0.4) is 0 Å². The fraction of sp³-hybridized carbons (Fsp3) is 0.600. The number of nitrogens with one attached hydrogen (secondary N) is 1. The van der Waals surface area contributed by atoms with Gasteiger partial charge in [-0.15, -0.1) is 11.5 Å². The van der Waals surface area contributed by atoms with Crippen LogP contribution in [0.25, 0.3) is 0 Å². The second-order valence-corrected chi connectivity index (χ2v) is 13.6. The Labute approximate surface area is 126 Å². The van der Waals surface area contributed by atoms with Crippen molar-refractivity contribution < 1.29 is 8.63 Å². The highest BCUT2D eigenvalue weighted by molar-refractivity contribution is 7.84. The average Bonchev–Trinajstić information content (AvgIpc) is 2.77. The lowest BCUT2D eigenvalue weighted by atomic mass is 10.2. The first kappa shape index (κ1) is 17.2. The van der Waals surface area contributed by atoms with E-state index in [0.717, 1.165) is 5.76 Å². The number of furan rings is 1. The lowest BCUT2D eigenvalue weighted by molar-refractivity contribution is 0.452. The van der Waals surface area contributed by atoms with E-state index >= 15 is 0 Å². The molecule has 2 atom stereocenters. The molecule has 0 fully saturated rings. The van der Waals surface area contributed by atoms with Crippen molar-refractivity contribution in [1.29, 1.82) is 0 Å². The minimum absolute atomic E-state index is 0.131. The van der Waals surface area contributed by atoms with Crippen LogP contribution in [0.5, 0.6) is 0 Å². The molecule has 3 nitrogen and oxygen atoms in total. The van der Waals surface area contributed by atoms with Crippen LogP contribution in [0.15, 0.2) is 22.8 Å². The molecule has 0 aliphatic carbocycles. The van der Waals surface area contributed by atoms with Gasteiger partial charge in [0.05, 0.1) is 28.0 Å². The van der Waals surface area contributed by atoms with Crippen LogP contribution in [0.1, 0.15) is 39.0 Å². The molecule has 0 aliphatic rings. The van der Waals surface area contributed by atoms with Gasteiger partial charge in [0.2, 0.25) is 0 Å². The second kappa shape index (κ2) is 6.75. The molecule has 0 aromatic carbocycles. The minimum Gasteiger partial charge on any atom is -0.468 e. The summed E-state index contributed by atoms with van der Waals surface area (Å²) in [6.45, 7) is 12.5. The van der Waals surface area contributed by atoms with Gasteiger partial charge in [-0.25, -0.2) is 8.93 Å². The Balaban J connectivity index is 2.82. The molecule has 0 aliphatic heterocycles. The molecule has 1 rings (SSSR count). The smallest absolute Gasteiger partial charge is 0.129 e. The standard InChI is InChI=1S/C15H25NO2SSi/c1-15(2,3)19(17)16-13(14-10-7-11-18-14)9-8-12-20(4,5)6/h7,10-11,13,16H,9H2,1-6H3/t13-,19+/m0/s1. The lowest BCUT2D eigenvalue weighted by Crippen LogP contribution is -2.35. The van der Waals surface area contributed by atoms with Gasteiger partial charge in [-0.05, 0) is 32.9 Å². The van der Waals surface area contributed by atoms with Crippen LogP contribution >= 0.6 is 0 Å². The third-order valence-electron chi connectivity index (χ3n) is 2.46. The maximum absolute atomic E-state index is 12.2. The molecule has 1 heterocycles. The summed E-state index contributed by atoms with van der Waals surface area (Å²) in [5, 5.41) is 0. The van der Waals surface area contributed by atoms with Gasteiger partial charge in [0, 0.05) is 6.42 Å². The molecule has 0 spiro atoms. The Bertz CT molecular complexity index is 501. The van der Waals surface area contributed by atoms with E-state index in [-0.39, 0.29) is 10.8 Å². The normalized spacial score (nSPS) is 15.3. The Hall–Kier alpha value is -0.833. The molecule has 0 radical (unpaired) electrons. The largest absolute Gasteiger partial charge is 0.468 e. The summed E-state index contributed by atoms with van der Waals surface area (Å²) in [4.78, 5) is 0. The minimum atomic E-state index is -1.38. The summed E-state index contributed by atoms with van der Waals surface area (Å²) in [7, 11) is -2.52. The summed E-state index contributed by atoms with van der Waals surface area (Å²) in [6.07, 6.45) is 2.25. The molecule has 0 saturated heterocycles. The van der Waals surface area contributed by atoms with Crippen LogP contribution in [0, 0.1) is 11.5 Å². The van der Waals surface area contributed by atoms with Crippen LogP contribution in [-0.2, 0) is 11.0 Å². The summed E-state index contributed by atoms with van der Waals surface area (Å²) in [6, 6.07) is 3.61. The number of hydrogen-bond acceptors (Lipinski definition) is 2. The molecule has 1 aromatic heterocycles. The SMILES string of the molecule is CC(C)(C)[S@@](=O)N[C@@H](CC#C[Si](C)(C)C)c1ccco1. The lowest BCUT2D eigenvalue weighted by Gasteiger charge is -2.22.